The van der Waals surface area contributed by atoms with Gasteiger partial charge in [-0.15, -0.1) is 0 Å². The number of aliphatic hydroxyl groups is 1. The molecular formula is C6H8N2O3. The Balaban J connectivity index is 2.89. The Kier molecular flexibility index (Phi) is 2.35. The number of aromatic nitrogens is 2. The fourth-order valence-corrected chi connectivity index (χ4v) is 0.614. The van der Waals surface area contributed by atoms with Gasteiger partial charge in [-0.1, -0.05) is 0 Å². The summed E-state index contributed by atoms with van der Waals surface area (Å²) in [5.74, 6) is 0. The van der Waals surface area contributed by atoms with Crippen molar-refractivity contribution in [2.75, 3.05) is 7.11 Å². The average Bonchev–Trinajstić information content (AvgIpc) is 2.05. The van der Waals surface area contributed by atoms with Gasteiger partial charge in [-0.2, -0.15) is 5.10 Å². The molecule has 1 atom stereocenters. The Morgan fingerprint density at radius 1 is 1.73 bits per heavy atom. The first-order valence-corrected chi connectivity index (χ1v) is 3.00. The summed E-state index contributed by atoms with van der Waals surface area (Å²) >= 11 is 0. The third-order valence-electron chi connectivity index (χ3n) is 1.18. The number of rotatable bonds is 2. The molecule has 1 heterocycles. The molecule has 0 bridgehead atoms. The minimum absolute atomic E-state index is 0.284. The number of aliphatic hydroxyl groups excluding tert-OH is 1. The van der Waals surface area contributed by atoms with Gasteiger partial charge < -0.3 is 9.84 Å². The standard InChI is InChI=1S/C6H8N2O3/c1-11-6(10)4-2-3-5(9)8-7-4/h2-3,6,10H,1H3,(H,8,9). The van der Waals surface area contributed by atoms with Crippen molar-refractivity contribution in [3.05, 3.63) is 28.2 Å². The molecule has 5 nitrogen and oxygen atoms in total. The minimum atomic E-state index is -1.08. The molecule has 1 aromatic heterocycles. The van der Waals surface area contributed by atoms with Crippen molar-refractivity contribution in [3.8, 4) is 0 Å². The van der Waals surface area contributed by atoms with Crippen molar-refractivity contribution in [2.24, 2.45) is 0 Å². The molecule has 5 heteroatoms. The van der Waals surface area contributed by atoms with Crippen molar-refractivity contribution in [1.82, 2.24) is 10.2 Å². The van der Waals surface area contributed by atoms with Crippen LogP contribution < -0.4 is 5.56 Å². The largest absolute Gasteiger partial charge is 0.363 e. The smallest absolute Gasteiger partial charge is 0.264 e. The SMILES string of the molecule is COC(O)c1ccc(=O)[nH]n1. The maximum Gasteiger partial charge on any atom is 0.264 e. The Morgan fingerprint density at radius 3 is 2.91 bits per heavy atom. The van der Waals surface area contributed by atoms with Crippen molar-refractivity contribution >= 4 is 0 Å². The Morgan fingerprint density at radius 2 is 2.45 bits per heavy atom. The monoisotopic (exact) mass is 156 g/mol. The summed E-state index contributed by atoms with van der Waals surface area (Å²) in [5, 5.41) is 14.7. The number of hydrogen-bond donors (Lipinski definition) is 2. The molecule has 60 valence electrons. The second kappa shape index (κ2) is 3.27. The topological polar surface area (TPSA) is 75.2 Å². The van der Waals surface area contributed by atoms with Gasteiger partial charge in [0.15, 0.2) is 6.29 Å². The van der Waals surface area contributed by atoms with Crippen molar-refractivity contribution < 1.29 is 9.84 Å². The molecule has 2 N–H and O–H groups in total. The van der Waals surface area contributed by atoms with Gasteiger partial charge in [0.05, 0.1) is 0 Å². The van der Waals surface area contributed by atoms with Crippen LogP contribution >= 0.6 is 0 Å². The van der Waals surface area contributed by atoms with Gasteiger partial charge >= 0.3 is 0 Å². The summed E-state index contributed by atoms with van der Waals surface area (Å²) < 4.78 is 4.55. The van der Waals surface area contributed by atoms with Gasteiger partial charge in [-0.3, -0.25) is 4.79 Å². The number of nitrogens with one attached hydrogen (secondary N) is 1. The molecule has 0 aliphatic carbocycles. The molecule has 11 heavy (non-hydrogen) atoms. The van der Waals surface area contributed by atoms with Crippen LogP contribution in [0.25, 0.3) is 0 Å². The maximum absolute atomic E-state index is 10.5. The lowest BCUT2D eigenvalue weighted by Crippen LogP contribution is -2.11. The zero-order chi connectivity index (χ0) is 8.27. The average molecular weight is 156 g/mol. The van der Waals surface area contributed by atoms with Gasteiger partial charge in [0, 0.05) is 13.2 Å². The van der Waals surface area contributed by atoms with E-state index in [1.165, 1.54) is 19.2 Å². The van der Waals surface area contributed by atoms with E-state index in [0.717, 1.165) is 0 Å². The van der Waals surface area contributed by atoms with Crippen LogP contribution in [0.3, 0.4) is 0 Å². The third-order valence-corrected chi connectivity index (χ3v) is 1.18. The van der Waals surface area contributed by atoms with Crippen LogP contribution in [0.1, 0.15) is 12.0 Å². The van der Waals surface area contributed by atoms with E-state index in [1.54, 1.807) is 0 Å². The zero-order valence-corrected chi connectivity index (χ0v) is 5.94. The van der Waals surface area contributed by atoms with Gasteiger partial charge in [0.25, 0.3) is 5.56 Å². The van der Waals surface area contributed by atoms with Crippen LogP contribution in [0.4, 0.5) is 0 Å². The second-order valence-corrected chi connectivity index (χ2v) is 1.93. The molecular weight excluding hydrogens is 148 g/mol. The first kappa shape index (κ1) is 7.90. The highest BCUT2D eigenvalue weighted by molar-refractivity contribution is 5.00. The molecule has 0 aromatic carbocycles. The highest BCUT2D eigenvalue weighted by atomic mass is 16.6. The number of hydrogen-bond acceptors (Lipinski definition) is 4. The number of methoxy groups -OCH3 is 1. The van der Waals surface area contributed by atoms with Crippen molar-refractivity contribution in [3.63, 3.8) is 0 Å². The molecule has 0 saturated carbocycles. The van der Waals surface area contributed by atoms with Crippen LogP contribution in [0.2, 0.25) is 0 Å². The van der Waals surface area contributed by atoms with Gasteiger partial charge in [0.2, 0.25) is 0 Å². The molecule has 1 rings (SSSR count). The molecule has 0 spiro atoms. The minimum Gasteiger partial charge on any atom is -0.363 e. The summed E-state index contributed by atoms with van der Waals surface area (Å²) in [5.41, 5.74) is -0.0239. The van der Waals surface area contributed by atoms with E-state index in [-0.39, 0.29) is 11.3 Å². The molecule has 0 aliphatic rings. The lowest BCUT2D eigenvalue weighted by atomic mass is 10.4. The zero-order valence-electron chi connectivity index (χ0n) is 5.94. The van der Waals surface area contributed by atoms with E-state index >= 15 is 0 Å². The van der Waals surface area contributed by atoms with Gasteiger partial charge in [-0.05, 0) is 6.07 Å². The molecule has 1 unspecified atom stereocenters. The molecule has 1 aromatic rings. The van der Waals surface area contributed by atoms with Crippen molar-refractivity contribution in [2.45, 2.75) is 6.29 Å². The lowest BCUT2D eigenvalue weighted by Gasteiger charge is -2.04. The first-order chi connectivity index (χ1) is 5.24. The summed E-state index contributed by atoms with van der Waals surface area (Å²) in [6.45, 7) is 0. The van der Waals surface area contributed by atoms with Crippen LogP contribution in [0, 0.1) is 0 Å². The number of aromatic amines is 1. The Labute approximate surface area is 62.6 Å². The first-order valence-electron chi connectivity index (χ1n) is 3.00. The Bertz CT molecular complexity index is 263. The van der Waals surface area contributed by atoms with E-state index in [4.69, 9.17) is 5.11 Å². The van der Waals surface area contributed by atoms with Crippen molar-refractivity contribution in [1.29, 1.82) is 0 Å². The Hall–Kier alpha value is -1.20. The molecule has 0 saturated heterocycles. The maximum atomic E-state index is 10.5. The van der Waals surface area contributed by atoms with E-state index in [9.17, 15) is 4.79 Å². The van der Waals surface area contributed by atoms with Crippen LogP contribution in [-0.4, -0.2) is 22.4 Å². The summed E-state index contributed by atoms with van der Waals surface area (Å²) in [6.07, 6.45) is -1.08. The summed E-state index contributed by atoms with van der Waals surface area (Å²) in [7, 11) is 1.34. The number of nitrogens with zero attached hydrogens (tertiary/aromatic N) is 1. The highest BCUT2D eigenvalue weighted by Crippen LogP contribution is 2.05. The number of ether oxygens (including phenoxy) is 1. The van der Waals surface area contributed by atoms with E-state index in [0.29, 0.717) is 0 Å². The fourth-order valence-electron chi connectivity index (χ4n) is 0.614. The summed E-state index contributed by atoms with van der Waals surface area (Å²) in [6, 6.07) is 2.66. The second-order valence-electron chi connectivity index (χ2n) is 1.93. The van der Waals surface area contributed by atoms with E-state index < -0.39 is 6.29 Å². The number of H-pyrrole nitrogens is 1. The molecule has 0 aliphatic heterocycles. The van der Waals surface area contributed by atoms with E-state index in [2.05, 4.69) is 14.9 Å². The lowest BCUT2D eigenvalue weighted by molar-refractivity contribution is -0.0804. The normalized spacial score (nSPS) is 12.9. The molecule has 0 radical (unpaired) electrons. The van der Waals surface area contributed by atoms with Crippen LogP contribution in [0.15, 0.2) is 16.9 Å². The molecule has 0 fully saturated rings. The van der Waals surface area contributed by atoms with E-state index in [1.807, 2.05) is 0 Å². The highest BCUT2D eigenvalue weighted by Gasteiger charge is 2.05. The quantitative estimate of drug-likeness (QED) is 0.561. The predicted octanol–water partition coefficient (Wildman–Crippen LogP) is -0.593. The van der Waals surface area contributed by atoms with Gasteiger partial charge in [0.1, 0.15) is 5.69 Å². The predicted molar refractivity (Wildman–Crippen MR) is 36.8 cm³/mol. The van der Waals surface area contributed by atoms with Gasteiger partial charge in [-0.25, -0.2) is 5.10 Å². The fraction of sp³-hybridized carbons (Fsp3) is 0.333. The van der Waals surface area contributed by atoms with Crippen LogP contribution in [0.5, 0.6) is 0 Å². The third kappa shape index (κ3) is 1.86. The summed E-state index contributed by atoms with van der Waals surface area (Å²) in [4.78, 5) is 10.5. The van der Waals surface area contributed by atoms with Crippen LogP contribution in [-0.2, 0) is 4.74 Å². The molecule has 0 amide bonds.